The van der Waals surface area contributed by atoms with Gasteiger partial charge >= 0.3 is 0 Å². The molecule has 1 aliphatic rings. The van der Waals surface area contributed by atoms with Gasteiger partial charge < -0.3 is 4.74 Å². The largest absolute Gasteiger partial charge is 0.490 e. The summed E-state index contributed by atoms with van der Waals surface area (Å²) in [4.78, 5) is 10.9. The highest BCUT2D eigenvalue weighted by molar-refractivity contribution is 5.79. The minimum Gasteiger partial charge on any atom is -0.490 e. The van der Waals surface area contributed by atoms with Gasteiger partial charge in [-0.1, -0.05) is 52.0 Å². The van der Waals surface area contributed by atoms with E-state index in [-0.39, 0.29) is 11.7 Å². The van der Waals surface area contributed by atoms with Gasteiger partial charge in [-0.15, -0.1) is 0 Å². The zero-order valence-corrected chi connectivity index (χ0v) is 16.9. The highest BCUT2D eigenvalue weighted by Crippen LogP contribution is 2.33. The van der Waals surface area contributed by atoms with Crippen LogP contribution < -0.4 is 4.74 Å². The Bertz CT molecular complexity index is 714. The Labute approximate surface area is 162 Å². The molecule has 1 aliphatic carbocycles. The lowest BCUT2D eigenvalue weighted by molar-refractivity contribution is 0.111. The van der Waals surface area contributed by atoms with Crippen LogP contribution in [0.2, 0.25) is 0 Å². The van der Waals surface area contributed by atoms with Gasteiger partial charge in [-0.2, -0.15) is 0 Å². The smallest absolute Gasteiger partial charge is 0.153 e. The highest BCUT2D eigenvalue weighted by atomic mass is 19.1. The van der Waals surface area contributed by atoms with Crippen LogP contribution in [-0.4, -0.2) is 12.4 Å². The van der Waals surface area contributed by atoms with E-state index in [1.165, 1.54) is 18.9 Å². The van der Waals surface area contributed by atoms with Crippen LogP contribution in [0.3, 0.4) is 0 Å². The normalized spacial score (nSPS) is 19.2. The van der Waals surface area contributed by atoms with Crippen LogP contribution >= 0.6 is 0 Å². The maximum atomic E-state index is 14.3. The lowest BCUT2D eigenvalue weighted by Gasteiger charge is -2.31. The van der Waals surface area contributed by atoms with Crippen molar-refractivity contribution < 1.29 is 13.9 Å². The van der Waals surface area contributed by atoms with E-state index >= 15 is 0 Å². The van der Waals surface area contributed by atoms with Gasteiger partial charge in [0.05, 0.1) is 11.7 Å². The van der Waals surface area contributed by atoms with Gasteiger partial charge in [0.2, 0.25) is 0 Å². The standard InChI is InChI=1S/C22H25FO2.C2H6/c1-15(2)16-6-10-19(11-7-16)25-20-12-8-17(9-13-20)21-5-3-4-18(14-24)22(21)23;1-2/h3-5,8-9,12-16,19H,6-7,10-11H2,1-2H3;1-2H3. The number of carbonyl (C=O) groups excluding carboxylic acids is 1. The summed E-state index contributed by atoms with van der Waals surface area (Å²) < 4.78 is 20.4. The van der Waals surface area contributed by atoms with Crippen LogP contribution in [0.4, 0.5) is 4.39 Å². The Balaban J connectivity index is 0.00000126. The Morgan fingerprint density at radius 3 is 2.19 bits per heavy atom. The third-order valence-corrected chi connectivity index (χ3v) is 5.29. The van der Waals surface area contributed by atoms with Crippen LogP contribution in [0.5, 0.6) is 5.75 Å². The molecule has 0 radical (unpaired) electrons. The van der Waals surface area contributed by atoms with Gasteiger partial charge in [0.25, 0.3) is 0 Å². The number of carbonyl (C=O) groups is 1. The van der Waals surface area contributed by atoms with E-state index in [4.69, 9.17) is 4.74 Å². The maximum absolute atomic E-state index is 14.3. The van der Waals surface area contributed by atoms with E-state index < -0.39 is 5.82 Å². The summed E-state index contributed by atoms with van der Waals surface area (Å²) in [5.41, 5.74) is 1.27. The summed E-state index contributed by atoms with van der Waals surface area (Å²) >= 11 is 0. The molecule has 0 aliphatic heterocycles. The van der Waals surface area contributed by atoms with Crippen molar-refractivity contribution in [3.05, 3.63) is 53.8 Å². The van der Waals surface area contributed by atoms with Crippen molar-refractivity contribution in [3.8, 4) is 16.9 Å². The number of hydrogen-bond acceptors (Lipinski definition) is 2. The van der Waals surface area contributed by atoms with Crippen molar-refractivity contribution in [2.24, 2.45) is 11.8 Å². The lowest BCUT2D eigenvalue weighted by Crippen LogP contribution is -2.26. The van der Waals surface area contributed by atoms with Crippen molar-refractivity contribution in [1.29, 1.82) is 0 Å². The predicted octanol–water partition coefficient (Wildman–Crippen LogP) is 6.93. The van der Waals surface area contributed by atoms with Crippen molar-refractivity contribution in [2.75, 3.05) is 0 Å². The molecular weight excluding hydrogens is 339 g/mol. The quantitative estimate of drug-likeness (QED) is 0.534. The molecule has 0 unspecified atom stereocenters. The van der Waals surface area contributed by atoms with Gasteiger partial charge in [0.1, 0.15) is 11.6 Å². The van der Waals surface area contributed by atoms with Crippen LogP contribution in [-0.2, 0) is 0 Å². The zero-order chi connectivity index (χ0) is 19.8. The minimum absolute atomic E-state index is 0.0831. The Morgan fingerprint density at radius 1 is 1.00 bits per heavy atom. The molecule has 3 rings (SSSR count). The Morgan fingerprint density at radius 2 is 1.63 bits per heavy atom. The van der Waals surface area contributed by atoms with Gasteiger partial charge in [-0.25, -0.2) is 4.39 Å². The molecule has 0 spiro atoms. The molecule has 0 atom stereocenters. The van der Waals surface area contributed by atoms with E-state index in [0.717, 1.165) is 36.0 Å². The minimum atomic E-state index is -0.474. The lowest BCUT2D eigenvalue weighted by atomic mass is 9.80. The predicted molar refractivity (Wildman–Crippen MR) is 110 cm³/mol. The summed E-state index contributed by atoms with van der Waals surface area (Å²) in [6, 6.07) is 12.3. The van der Waals surface area contributed by atoms with Gasteiger partial charge in [0, 0.05) is 5.56 Å². The van der Waals surface area contributed by atoms with Crippen molar-refractivity contribution in [3.63, 3.8) is 0 Å². The van der Waals surface area contributed by atoms with Crippen LogP contribution in [0.15, 0.2) is 42.5 Å². The van der Waals surface area contributed by atoms with Crippen molar-refractivity contribution >= 4 is 6.29 Å². The summed E-state index contributed by atoms with van der Waals surface area (Å²) in [7, 11) is 0. The number of ether oxygens (including phenoxy) is 1. The van der Waals surface area contributed by atoms with Gasteiger partial charge in [-0.3, -0.25) is 4.79 Å². The molecule has 3 heteroatoms. The fourth-order valence-electron chi connectivity index (χ4n) is 3.64. The first-order valence-electron chi connectivity index (χ1n) is 10.1. The van der Waals surface area contributed by atoms with E-state index in [2.05, 4.69) is 13.8 Å². The first-order valence-corrected chi connectivity index (χ1v) is 10.1. The number of benzene rings is 2. The fraction of sp³-hybridized carbons (Fsp3) is 0.458. The molecule has 0 amide bonds. The summed E-state index contributed by atoms with van der Waals surface area (Å²) in [6.07, 6.45) is 5.47. The van der Waals surface area contributed by atoms with E-state index in [1.54, 1.807) is 12.1 Å². The molecule has 27 heavy (non-hydrogen) atoms. The van der Waals surface area contributed by atoms with E-state index in [0.29, 0.717) is 11.8 Å². The van der Waals surface area contributed by atoms with Gasteiger partial charge in [-0.05, 0) is 61.3 Å². The summed E-state index contributed by atoms with van der Waals surface area (Å²) in [5, 5.41) is 0. The third-order valence-electron chi connectivity index (χ3n) is 5.29. The highest BCUT2D eigenvalue weighted by Gasteiger charge is 2.24. The molecule has 2 nitrogen and oxygen atoms in total. The first-order chi connectivity index (χ1) is 13.1. The summed E-state index contributed by atoms with van der Waals surface area (Å²) in [5.74, 6) is 1.91. The Hall–Kier alpha value is -2.16. The molecule has 0 heterocycles. The van der Waals surface area contributed by atoms with Crippen molar-refractivity contribution in [1.82, 2.24) is 0 Å². The molecule has 146 valence electrons. The zero-order valence-electron chi connectivity index (χ0n) is 16.9. The number of aldehydes is 1. The van der Waals surface area contributed by atoms with Crippen LogP contribution in [0, 0.1) is 17.7 Å². The van der Waals surface area contributed by atoms with E-state index in [1.807, 2.05) is 38.1 Å². The average Bonchev–Trinajstić information content (AvgIpc) is 2.71. The number of rotatable bonds is 5. The molecular formula is C24H31FO2. The molecule has 0 bridgehead atoms. The third kappa shape index (κ3) is 5.41. The molecule has 2 aromatic carbocycles. The fourth-order valence-corrected chi connectivity index (χ4v) is 3.64. The molecule has 1 saturated carbocycles. The second-order valence-corrected chi connectivity index (χ2v) is 7.25. The van der Waals surface area contributed by atoms with Crippen molar-refractivity contribution in [2.45, 2.75) is 59.5 Å². The maximum Gasteiger partial charge on any atom is 0.153 e. The molecule has 0 saturated heterocycles. The van der Waals surface area contributed by atoms with Crippen LogP contribution in [0.1, 0.15) is 63.7 Å². The van der Waals surface area contributed by atoms with Crippen LogP contribution in [0.25, 0.3) is 11.1 Å². The number of halogens is 1. The topological polar surface area (TPSA) is 26.3 Å². The molecule has 0 aromatic heterocycles. The second-order valence-electron chi connectivity index (χ2n) is 7.25. The molecule has 1 fully saturated rings. The van der Waals surface area contributed by atoms with Gasteiger partial charge in [0.15, 0.2) is 6.29 Å². The molecule has 0 N–H and O–H groups in total. The summed E-state index contributed by atoms with van der Waals surface area (Å²) in [6.45, 7) is 8.59. The van der Waals surface area contributed by atoms with E-state index in [9.17, 15) is 9.18 Å². The second kappa shape index (κ2) is 10.2. The average molecular weight is 371 g/mol. The first kappa shape index (κ1) is 21.1. The SMILES string of the molecule is CC.CC(C)C1CCC(Oc2ccc(-c3cccc(C=O)c3F)cc2)CC1. The molecule has 2 aromatic rings. The monoisotopic (exact) mass is 370 g/mol. The Kier molecular flexibility index (Phi) is 8.02. The number of hydrogen-bond donors (Lipinski definition) is 0.